The minimum atomic E-state index is -4.70. The van der Waals surface area contributed by atoms with Gasteiger partial charge in [-0.1, -0.05) is 58.0 Å². The van der Waals surface area contributed by atoms with Gasteiger partial charge in [0.15, 0.2) is 0 Å². The Bertz CT molecular complexity index is 750. The number of alkyl halides is 3. The molecule has 0 unspecified atom stereocenters. The van der Waals surface area contributed by atoms with Crippen molar-refractivity contribution in [2.24, 2.45) is 0 Å². The molecule has 0 radical (unpaired) electrons. The van der Waals surface area contributed by atoms with Gasteiger partial charge in [-0.2, -0.15) is 13.2 Å². The van der Waals surface area contributed by atoms with Crippen LogP contribution in [0.1, 0.15) is 11.1 Å². The number of rotatable bonds is 2. The minimum Gasteiger partial charge on any atom is -0.392 e. The van der Waals surface area contributed by atoms with Gasteiger partial charge in [0.1, 0.15) is 0 Å². The number of pyridine rings is 1. The summed E-state index contributed by atoms with van der Waals surface area (Å²) < 4.78 is 39.2. The van der Waals surface area contributed by atoms with Crippen LogP contribution in [0.15, 0.2) is 12.3 Å². The van der Waals surface area contributed by atoms with Crippen LogP contribution in [0.25, 0.3) is 11.3 Å². The normalized spacial score (nSPS) is 11.9. The van der Waals surface area contributed by atoms with Gasteiger partial charge in [-0.05, 0) is 6.07 Å². The number of benzene rings is 1. The minimum absolute atomic E-state index is 0.135. The standard InChI is InChI=1S/C13H5Cl5F3NO/c14-7-6(8(15)10(17)11(18)9(7)16)12-4(3-23)5(1-2-22-12)13(19,20)21/h1-2,23H,3H2. The van der Waals surface area contributed by atoms with E-state index in [4.69, 9.17) is 58.0 Å². The van der Waals surface area contributed by atoms with Crippen molar-refractivity contribution in [1.82, 2.24) is 4.98 Å². The molecule has 0 amide bonds. The van der Waals surface area contributed by atoms with Crippen molar-refractivity contribution in [3.63, 3.8) is 0 Å². The zero-order chi connectivity index (χ0) is 17.5. The van der Waals surface area contributed by atoms with E-state index in [1.165, 1.54) is 0 Å². The average Bonchev–Trinajstić information content (AvgIpc) is 2.50. The van der Waals surface area contributed by atoms with Crippen LogP contribution in [0.2, 0.25) is 25.1 Å². The zero-order valence-corrected chi connectivity index (χ0v) is 14.6. The van der Waals surface area contributed by atoms with Crippen LogP contribution < -0.4 is 0 Å². The zero-order valence-electron chi connectivity index (χ0n) is 10.8. The molecule has 0 fully saturated rings. The largest absolute Gasteiger partial charge is 0.416 e. The van der Waals surface area contributed by atoms with Crippen LogP contribution in [-0.2, 0) is 12.8 Å². The van der Waals surface area contributed by atoms with Gasteiger partial charge in [0.05, 0.1) is 43.0 Å². The van der Waals surface area contributed by atoms with Crippen LogP contribution in [0.4, 0.5) is 13.2 Å². The lowest BCUT2D eigenvalue weighted by molar-refractivity contribution is -0.138. The van der Waals surface area contributed by atoms with Crippen LogP contribution >= 0.6 is 58.0 Å². The number of nitrogens with zero attached hydrogens (tertiary/aromatic N) is 1. The van der Waals surface area contributed by atoms with Crippen molar-refractivity contribution < 1.29 is 18.3 Å². The second kappa shape index (κ2) is 6.82. The molecule has 0 aliphatic heterocycles. The Morgan fingerprint density at radius 3 is 1.83 bits per heavy atom. The first-order chi connectivity index (χ1) is 10.6. The summed E-state index contributed by atoms with van der Waals surface area (Å²) in [6, 6.07) is 0.732. The molecular formula is C13H5Cl5F3NO. The Kier molecular flexibility index (Phi) is 5.61. The summed E-state index contributed by atoms with van der Waals surface area (Å²) in [6.07, 6.45) is -3.78. The molecular weight excluding hydrogens is 420 g/mol. The summed E-state index contributed by atoms with van der Waals surface area (Å²) in [7, 11) is 0. The third-order valence-corrected chi connectivity index (χ3v) is 5.24. The topological polar surface area (TPSA) is 33.1 Å². The maximum Gasteiger partial charge on any atom is 0.416 e. The highest BCUT2D eigenvalue weighted by molar-refractivity contribution is 6.56. The van der Waals surface area contributed by atoms with Crippen molar-refractivity contribution in [3.8, 4) is 11.3 Å². The molecule has 1 aromatic heterocycles. The number of hydrogen-bond donors (Lipinski definition) is 1. The molecule has 0 saturated carbocycles. The van der Waals surface area contributed by atoms with Gasteiger partial charge in [0, 0.05) is 17.3 Å². The predicted octanol–water partition coefficient (Wildman–Crippen LogP) is 6.53. The van der Waals surface area contributed by atoms with E-state index in [9.17, 15) is 18.3 Å². The third-order valence-electron chi connectivity index (χ3n) is 2.97. The fraction of sp³-hybridized carbons (Fsp3) is 0.154. The molecule has 2 nitrogen and oxygen atoms in total. The van der Waals surface area contributed by atoms with Crippen molar-refractivity contribution in [2.45, 2.75) is 12.8 Å². The van der Waals surface area contributed by atoms with E-state index < -0.39 is 23.9 Å². The van der Waals surface area contributed by atoms with E-state index in [0.717, 1.165) is 12.3 Å². The summed E-state index contributed by atoms with van der Waals surface area (Å²) in [4.78, 5) is 3.84. The van der Waals surface area contributed by atoms with Crippen molar-refractivity contribution in [2.75, 3.05) is 0 Å². The molecule has 1 aromatic carbocycles. The maximum absolute atomic E-state index is 13.1. The fourth-order valence-electron chi connectivity index (χ4n) is 1.95. The molecule has 1 N–H and O–H groups in total. The highest BCUT2D eigenvalue weighted by Crippen LogP contribution is 2.49. The van der Waals surface area contributed by atoms with E-state index in [0.29, 0.717) is 0 Å². The molecule has 0 saturated heterocycles. The van der Waals surface area contributed by atoms with E-state index in [-0.39, 0.29) is 36.4 Å². The molecule has 1 heterocycles. The van der Waals surface area contributed by atoms with Gasteiger partial charge in [0.2, 0.25) is 0 Å². The summed E-state index contributed by atoms with van der Waals surface area (Å²) in [5.41, 5.74) is -1.99. The van der Waals surface area contributed by atoms with Gasteiger partial charge in [0.25, 0.3) is 0 Å². The average molecular weight is 425 g/mol. The second-order valence-corrected chi connectivity index (χ2v) is 6.18. The lowest BCUT2D eigenvalue weighted by atomic mass is 10.0. The van der Waals surface area contributed by atoms with E-state index in [2.05, 4.69) is 4.98 Å². The number of hydrogen-bond acceptors (Lipinski definition) is 2. The molecule has 0 atom stereocenters. The van der Waals surface area contributed by atoms with Crippen molar-refractivity contribution >= 4 is 58.0 Å². The van der Waals surface area contributed by atoms with E-state index in [1.807, 2.05) is 0 Å². The first-order valence-electron chi connectivity index (χ1n) is 5.79. The maximum atomic E-state index is 13.1. The molecule has 124 valence electrons. The molecule has 2 rings (SSSR count). The predicted molar refractivity (Wildman–Crippen MR) is 85.6 cm³/mol. The molecule has 0 aliphatic rings. The summed E-state index contributed by atoms with van der Waals surface area (Å²) in [5.74, 6) is 0. The van der Waals surface area contributed by atoms with Gasteiger partial charge in [-0.3, -0.25) is 4.98 Å². The number of aliphatic hydroxyl groups is 1. The summed E-state index contributed by atoms with van der Waals surface area (Å²) in [6.45, 7) is -0.942. The quantitative estimate of drug-likeness (QED) is 0.439. The van der Waals surface area contributed by atoms with Crippen LogP contribution in [0, 0.1) is 0 Å². The SMILES string of the molecule is OCc1c(C(F)(F)F)ccnc1-c1c(Cl)c(Cl)c(Cl)c(Cl)c1Cl. The van der Waals surface area contributed by atoms with Crippen LogP contribution in [0.3, 0.4) is 0 Å². The molecule has 0 bridgehead atoms. The summed E-state index contributed by atoms with van der Waals surface area (Å²) in [5, 5.41) is 8.46. The molecule has 23 heavy (non-hydrogen) atoms. The number of aromatic nitrogens is 1. The third kappa shape index (κ3) is 3.36. The highest BCUT2D eigenvalue weighted by Gasteiger charge is 2.35. The van der Waals surface area contributed by atoms with Crippen LogP contribution in [-0.4, -0.2) is 10.1 Å². The van der Waals surface area contributed by atoms with Gasteiger partial charge >= 0.3 is 6.18 Å². The van der Waals surface area contributed by atoms with Gasteiger partial charge in [-0.25, -0.2) is 0 Å². The van der Waals surface area contributed by atoms with E-state index in [1.54, 1.807) is 0 Å². The van der Waals surface area contributed by atoms with Gasteiger partial charge in [-0.15, -0.1) is 0 Å². The number of halogens is 8. The number of aliphatic hydroxyl groups excluding tert-OH is 1. The Balaban J connectivity index is 2.89. The fourth-order valence-corrected chi connectivity index (χ4v) is 3.26. The first-order valence-corrected chi connectivity index (χ1v) is 7.68. The Morgan fingerprint density at radius 1 is 0.913 bits per heavy atom. The summed E-state index contributed by atoms with van der Waals surface area (Å²) >= 11 is 29.8. The highest BCUT2D eigenvalue weighted by atomic mass is 35.5. The molecule has 0 spiro atoms. The van der Waals surface area contributed by atoms with Crippen molar-refractivity contribution in [3.05, 3.63) is 48.5 Å². The smallest absolute Gasteiger partial charge is 0.392 e. The lowest BCUT2D eigenvalue weighted by Gasteiger charge is -2.17. The lowest BCUT2D eigenvalue weighted by Crippen LogP contribution is -2.11. The molecule has 2 aromatic rings. The van der Waals surface area contributed by atoms with Gasteiger partial charge < -0.3 is 5.11 Å². The Morgan fingerprint density at radius 2 is 1.39 bits per heavy atom. The Labute approximate surface area is 153 Å². The first kappa shape index (κ1) is 18.9. The second-order valence-electron chi connectivity index (χ2n) is 4.29. The van der Waals surface area contributed by atoms with E-state index >= 15 is 0 Å². The Hall–Kier alpha value is -0.430. The van der Waals surface area contributed by atoms with Crippen LogP contribution in [0.5, 0.6) is 0 Å². The monoisotopic (exact) mass is 423 g/mol. The molecule has 0 aliphatic carbocycles. The van der Waals surface area contributed by atoms with Crippen molar-refractivity contribution in [1.29, 1.82) is 0 Å². The molecule has 10 heteroatoms.